The topological polar surface area (TPSA) is 145 Å². The highest BCUT2D eigenvalue weighted by Gasteiger charge is 2.10. The molecule has 0 aliphatic rings. The van der Waals surface area contributed by atoms with Gasteiger partial charge in [0.2, 0.25) is 5.91 Å². The summed E-state index contributed by atoms with van der Waals surface area (Å²) in [6.07, 6.45) is 3.97. The molecule has 0 saturated carbocycles. The molecule has 0 aromatic rings. The molecule has 0 spiro atoms. The quantitative estimate of drug-likeness (QED) is 0.254. The van der Waals surface area contributed by atoms with E-state index in [9.17, 15) is 19.7 Å². The van der Waals surface area contributed by atoms with Crippen LogP contribution in [0.4, 0.5) is 0 Å². The van der Waals surface area contributed by atoms with Crippen LogP contribution >= 0.6 is 0 Å². The molecule has 0 bridgehead atoms. The third kappa shape index (κ3) is 12.9. The number of carbonyl (C=O) groups is 2. The van der Waals surface area contributed by atoms with Gasteiger partial charge < -0.3 is 21.0 Å². The lowest BCUT2D eigenvalue weighted by atomic mass is 10.1. The van der Waals surface area contributed by atoms with Crippen LogP contribution in [0.3, 0.4) is 0 Å². The smallest absolute Gasteiger partial charge is 0.320 e. The zero-order chi connectivity index (χ0) is 16.1. The lowest BCUT2D eigenvalue weighted by molar-refractivity contribution is -0.757. The van der Waals surface area contributed by atoms with E-state index in [0.717, 1.165) is 0 Å². The molecule has 21 heavy (non-hydrogen) atoms. The number of unbranched alkanes of at least 4 members (excludes halogenated alkanes) is 3. The summed E-state index contributed by atoms with van der Waals surface area (Å²) in [7, 11) is 0. The number of hydrogen-bond acceptors (Lipinski definition) is 6. The first kappa shape index (κ1) is 19.1. The molecule has 0 fully saturated rings. The number of carboxylic acid groups (broad SMARTS) is 1. The van der Waals surface area contributed by atoms with Crippen molar-refractivity contribution in [3.63, 3.8) is 0 Å². The van der Waals surface area contributed by atoms with Crippen molar-refractivity contribution in [1.82, 2.24) is 5.32 Å². The maximum absolute atomic E-state index is 11.4. The third-order valence-corrected chi connectivity index (χ3v) is 2.83. The van der Waals surface area contributed by atoms with E-state index in [1.165, 1.54) is 0 Å². The SMILES string of the molecule is NC(CCCCNC(=O)CCCCCO[N+](=O)[O-])C(=O)O. The van der Waals surface area contributed by atoms with Gasteiger partial charge in [0.15, 0.2) is 0 Å². The highest BCUT2D eigenvalue weighted by molar-refractivity contribution is 5.75. The lowest BCUT2D eigenvalue weighted by Gasteiger charge is -2.07. The number of nitrogens with two attached hydrogens (primary N) is 1. The molecule has 9 nitrogen and oxygen atoms in total. The molecule has 122 valence electrons. The fourth-order valence-corrected chi connectivity index (χ4v) is 1.63. The van der Waals surface area contributed by atoms with Gasteiger partial charge in [-0.25, -0.2) is 0 Å². The molecule has 0 rings (SSSR count). The minimum atomic E-state index is -1.01. The van der Waals surface area contributed by atoms with Crippen molar-refractivity contribution in [2.24, 2.45) is 5.73 Å². The van der Waals surface area contributed by atoms with Gasteiger partial charge in [0, 0.05) is 13.0 Å². The zero-order valence-corrected chi connectivity index (χ0v) is 12.0. The Kier molecular flexibility index (Phi) is 10.8. The Labute approximate surface area is 122 Å². The summed E-state index contributed by atoms with van der Waals surface area (Å²) >= 11 is 0. The van der Waals surface area contributed by atoms with E-state index in [1.54, 1.807) is 0 Å². The second kappa shape index (κ2) is 11.9. The molecular formula is C12H23N3O6. The highest BCUT2D eigenvalue weighted by atomic mass is 16.9. The van der Waals surface area contributed by atoms with Gasteiger partial charge in [-0.1, -0.05) is 6.42 Å². The maximum atomic E-state index is 11.4. The third-order valence-electron chi connectivity index (χ3n) is 2.83. The summed E-state index contributed by atoms with van der Waals surface area (Å²) in [5.74, 6) is -1.09. The number of aliphatic carboxylic acids is 1. The molecule has 0 aromatic carbocycles. The predicted octanol–water partition coefficient (Wildman–Crippen LogP) is 0.453. The van der Waals surface area contributed by atoms with E-state index in [2.05, 4.69) is 10.2 Å². The van der Waals surface area contributed by atoms with Crippen molar-refractivity contribution in [2.75, 3.05) is 13.2 Å². The fraction of sp³-hybridized carbons (Fsp3) is 0.833. The Hall–Kier alpha value is -1.90. The highest BCUT2D eigenvalue weighted by Crippen LogP contribution is 2.01. The number of amides is 1. The number of nitrogens with one attached hydrogen (secondary N) is 1. The molecular weight excluding hydrogens is 282 g/mol. The molecule has 0 aliphatic heterocycles. The predicted molar refractivity (Wildman–Crippen MR) is 73.9 cm³/mol. The summed E-state index contributed by atoms with van der Waals surface area (Å²) in [6, 6.07) is -0.845. The molecule has 1 amide bonds. The summed E-state index contributed by atoms with van der Waals surface area (Å²) in [5, 5.41) is 20.3. The summed E-state index contributed by atoms with van der Waals surface area (Å²) in [6.45, 7) is 0.550. The van der Waals surface area contributed by atoms with Gasteiger partial charge in [0.1, 0.15) is 6.04 Å². The molecule has 0 heterocycles. The molecule has 1 unspecified atom stereocenters. The Morgan fingerprint density at radius 3 is 2.57 bits per heavy atom. The standard InChI is InChI=1S/C12H23N3O6/c13-10(12(17)18)6-3-4-8-14-11(16)7-2-1-5-9-21-15(19)20/h10H,1-9,13H2,(H,14,16)(H,17,18). The van der Waals surface area contributed by atoms with Crippen molar-refractivity contribution < 1.29 is 24.6 Å². The second-order valence-electron chi connectivity index (χ2n) is 4.66. The fourth-order valence-electron chi connectivity index (χ4n) is 1.63. The largest absolute Gasteiger partial charge is 0.480 e. The van der Waals surface area contributed by atoms with Crippen LogP contribution in [-0.4, -0.2) is 41.3 Å². The number of nitrogens with zero attached hydrogens (tertiary/aromatic N) is 1. The number of carboxylic acids is 1. The van der Waals surface area contributed by atoms with E-state index in [0.29, 0.717) is 51.5 Å². The van der Waals surface area contributed by atoms with Gasteiger partial charge in [-0.05, 0) is 32.1 Å². The van der Waals surface area contributed by atoms with E-state index in [-0.39, 0.29) is 12.5 Å². The van der Waals surface area contributed by atoms with Gasteiger partial charge in [0.25, 0.3) is 5.09 Å². The Morgan fingerprint density at radius 2 is 1.95 bits per heavy atom. The van der Waals surface area contributed by atoms with Crippen LogP contribution in [0.5, 0.6) is 0 Å². The van der Waals surface area contributed by atoms with Gasteiger partial charge in [-0.15, -0.1) is 10.1 Å². The first-order valence-corrected chi connectivity index (χ1v) is 6.96. The van der Waals surface area contributed by atoms with Crippen LogP contribution in [0.25, 0.3) is 0 Å². The first-order valence-electron chi connectivity index (χ1n) is 6.96. The van der Waals surface area contributed by atoms with Crippen molar-refractivity contribution in [2.45, 2.75) is 51.0 Å². The van der Waals surface area contributed by atoms with Crippen LogP contribution in [0.2, 0.25) is 0 Å². The van der Waals surface area contributed by atoms with Crippen LogP contribution in [0.15, 0.2) is 0 Å². The molecule has 9 heteroatoms. The zero-order valence-electron chi connectivity index (χ0n) is 12.0. The van der Waals surface area contributed by atoms with Gasteiger partial charge in [0.05, 0.1) is 6.61 Å². The Morgan fingerprint density at radius 1 is 1.24 bits per heavy atom. The van der Waals surface area contributed by atoms with Crippen molar-refractivity contribution in [3.8, 4) is 0 Å². The summed E-state index contributed by atoms with van der Waals surface area (Å²) in [4.78, 5) is 35.9. The summed E-state index contributed by atoms with van der Waals surface area (Å²) in [5.41, 5.74) is 5.34. The van der Waals surface area contributed by atoms with E-state index >= 15 is 0 Å². The van der Waals surface area contributed by atoms with Crippen molar-refractivity contribution in [1.29, 1.82) is 0 Å². The van der Waals surface area contributed by atoms with Crippen LogP contribution < -0.4 is 11.1 Å². The summed E-state index contributed by atoms with van der Waals surface area (Å²) < 4.78 is 0. The lowest BCUT2D eigenvalue weighted by Crippen LogP contribution is -2.30. The van der Waals surface area contributed by atoms with Crippen molar-refractivity contribution >= 4 is 11.9 Å². The van der Waals surface area contributed by atoms with Crippen molar-refractivity contribution in [3.05, 3.63) is 10.1 Å². The minimum absolute atomic E-state index is 0.0540. The number of hydrogen-bond donors (Lipinski definition) is 3. The molecule has 0 radical (unpaired) electrons. The Bertz CT molecular complexity index is 337. The van der Waals surface area contributed by atoms with E-state index in [1.807, 2.05) is 0 Å². The molecule has 0 aromatic heterocycles. The Balaban J connectivity index is 3.35. The minimum Gasteiger partial charge on any atom is -0.480 e. The molecule has 1 atom stereocenters. The van der Waals surface area contributed by atoms with Crippen LogP contribution in [0, 0.1) is 10.1 Å². The normalized spacial score (nSPS) is 11.7. The number of rotatable bonds is 13. The van der Waals surface area contributed by atoms with E-state index < -0.39 is 17.1 Å². The molecule has 0 aliphatic carbocycles. The first-order chi connectivity index (χ1) is 9.93. The van der Waals surface area contributed by atoms with Gasteiger partial charge >= 0.3 is 5.97 Å². The van der Waals surface area contributed by atoms with Crippen LogP contribution in [-0.2, 0) is 14.4 Å². The maximum Gasteiger partial charge on any atom is 0.320 e. The molecule has 4 N–H and O–H groups in total. The molecule has 0 saturated heterocycles. The van der Waals surface area contributed by atoms with Crippen LogP contribution in [0.1, 0.15) is 44.9 Å². The van der Waals surface area contributed by atoms with Gasteiger partial charge in [-0.3, -0.25) is 9.59 Å². The van der Waals surface area contributed by atoms with E-state index in [4.69, 9.17) is 10.8 Å². The van der Waals surface area contributed by atoms with Gasteiger partial charge in [-0.2, -0.15) is 0 Å². The monoisotopic (exact) mass is 305 g/mol. The second-order valence-corrected chi connectivity index (χ2v) is 4.66. The average Bonchev–Trinajstić information content (AvgIpc) is 2.41. The number of carbonyl (C=O) groups excluding carboxylic acids is 1. The average molecular weight is 305 g/mol.